The van der Waals surface area contributed by atoms with Gasteiger partial charge in [0, 0.05) is 6.42 Å². The lowest BCUT2D eigenvalue weighted by Crippen LogP contribution is -2.50. The maximum absolute atomic E-state index is 11.9. The number of aliphatic hydroxyl groups excluding tert-OH is 1. The second-order valence-electron chi connectivity index (χ2n) is 6.52. The SMILES string of the molecule is CC(O)[C@H](NC(=O)OC(C)(C)C)C(=O)OCCC1(C)CO1. The number of hydrogen-bond donors (Lipinski definition) is 2. The van der Waals surface area contributed by atoms with E-state index in [4.69, 9.17) is 14.2 Å². The Labute approximate surface area is 124 Å². The third-order valence-electron chi connectivity index (χ3n) is 2.92. The Hall–Kier alpha value is -1.34. The maximum atomic E-state index is 11.9. The van der Waals surface area contributed by atoms with Gasteiger partial charge >= 0.3 is 12.1 Å². The average molecular weight is 303 g/mol. The summed E-state index contributed by atoms with van der Waals surface area (Å²) in [7, 11) is 0. The van der Waals surface area contributed by atoms with Gasteiger partial charge in [-0.1, -0.05) is 0 Å². The van der Waals surface area contributed by atoms with E-state index in [2.05, 4.69) is 5.32 Å². The van der Waals surface area contributed by atoms with Gasteiger partial charge in [0.15, 0.2) is 6.04 Å². The number of alkyl carbamates (subject to hydrolysis) is 1. The molecule has 0 aromatic rings. The van der Waals surface area contributed by atoms with Crippen molar-refractivity contribution in [1.82, 2.24) is 5.32 Å². The molecule has 2 unspecified atom stereocenters. The van der Waals surface area contributed by atoms with E-state index in [1.54, 1.807) is 20.8 Å². The van der Waals surface area contributed by atoms with Crippen LogP contribution in [-0.2, 0) is 19.0 Å². The molecule has 3 atom stereocenters. The molecule has 1 saturated heterocycles. The van der Waals surface area contributed by atoms with Gasteiger partial charge in [-0.3, -0.25) is 0 Å². The van der Waals surface area contributed by atoms with Crippen LogP contribution in [0.1, 0.15) is 41.0 Å². The molecule has 1 fully saturated rings. The number of hydrogen-bond acceptors (Lipinski definition) is 6. The predicted molar refractivity (Wildman–Crippen MR) is 74.8 cm³/mol. The lowest BCUT2D eigenvalue weighted by atomic mass is 10.1. The van der Waals surface area contributed by atoms with Gasteiger partial charge in [-0.25, -0.2) is 9.59 Å². The van der Waals surface area contributed by atoms with Gasteiger partial charge in [-0.2, -0.15) is 0 Å². The molecule has 122 valence electrons. The van der Waals surface area contributed by atoms with Gasteiger partial charge < -0.3 is 24.6 Å². The highest BCUT2D eigenvalue weighted by Crippen LogP contribution is 2.29. The fourth-order valence-electron chi connectivity index (χ4n) is 1.54. The Kier molecular flexibility index (Phi) is 5.58. The summed E-state index contributed by atoms with van der Waals surface area (Å²) in [6, 6.07) is -1.16. The van der Waals surface area contributed by atoms with E-state index >= 15 is 0 Å². The van der Waals surface area contributed by atoms with Crippen molar-refractivity contribution in [3.8, 4) is 0 Å². The normalized spacial score (nSPS) is 23.9. The van der Waals surface area contributed by atoms with Gasteiger partial charge in [0.25, 0.3) is 0 Å². The third kappa shape index (κ3) is 6.77. The number of carbonyl (C=O) groups is 2. The van der Waals surface area contributed by atoms with E-state index in [1.807, 2.05) is 6.92 Å². The Morgan fingerprint density at radius 2 is 2.00 bits per heavy atom. The highest BCUT2D eigenvalue weighted by Gasteiger charge is 2.39. The van der Waals surface area contributed by atoms with Crippen molar-refractivity contribution in [2.45, 2.75) is 64.4 Å². The Morgan fingerprint density at radius 3 is 2.43 bits per heavy atom. The maximum Gasteiger partial charge on any atom is 0.408 e. The summed E-state index contributed by atoms with van der Waals surface area (Å²) in [6.07, 6.45) is -1.28. The molecule has 1 rings (SSSR count). The molecule has 0 radical (unpaired) electrons. The van der Waals surface area contributed by atoms with Crippen LogP contribution >= 0.6 is 0 Å². The van der Waals surface area contributed by atoms with Crippen LogP contribution in [0.2, 0.25) is 0 Å². The summed E-state index contributed by atoms with van der Waals surface area (Å²) >= 11 is 0. The van der Waals surface area contributed by atoms with Crippen LogP contribution in [0.5, 0.6) is 0 Å². The molecule has 1 aliphatic heterocycles. The average Bonchev–Trinajstić information content (AvgIpc) is 3.01. The third-order valence-corrected chi connectivity index (χ3v) is 2.92. The molecule has 21 heavy (non-hydrogen) atoms. The molecule has 0 spiro atoms. The van der Waals surface area contributed by atoms with Crippen LogP contribution in [0, 0.1) is 0 Å². The van der Waals surface area contributed by atoms with Crippen molar-refractivity contribution in [3.63, 3.8) is 0 Å². The van der Waals surface area contributed by atoms with Gasteiger partial charge in [0.1, 0.15) is 5.60 Å². The summed E-state index contributed by atoms with van der Waals surface area (Å²) in [5.74, 6) is -0.694. The van der Waals surface area contributed by atoms with E-state index in [0.29, 0.717) is 13.0 Å². The largest absolute Gasteiger partial charge is 0.464 e. The molecular formula is C14H25NO6. The minimum atomic E-state index is -1.16. The van der Waals surface area contributed by atoms with E-state index in [-0.39, 0.29) is 12.2 Å². The van der Waals surface area contributed by atoms with Crippen LogP contribution in [0.15, 0.2) is 0 Å². The second-order valence-corrected chi connectivity index (χ2v) is 6.52. The second kappa shape index (κ2) is 6.62. The standard InChI is InChI=1S/C14H25NO6/c1-9(16)10(15-12(18)21-13(2,3)4)11(17)19-7-6-14(5)8-20-14/h9-10,16H,6-8H2,1-5H3,(H,15,18)/t9?,10-,14?/m0/s1. The smallest absolute Gasteiger partial charge is 0.408 e. The molecule has 0 aliphatic carbocycles. The molecule has 0 bridgehead atoms. The fourth-order valence-corrected chi connectivity index (χ4v) is 1.54. The van der Waals surface area contributed by atoms with Gasteiger partial charge in [0.05, 0.1) is 24.9 Å². The highest BCUT2D eigenvalue weighted by molar-refractivity contribution is 5.82. The van der Waals surface area contributed by atoms with Crippen molar-refractivity contribution in [3.05, 3.63) is 0 Å². The van der Waals surface area contributed by atoms with Crippen LogP contribution in [-0.4, -0.2) is 53.7 Å². The topological polar surface area (TPSA) is 97.4 Å². The van der Waals surface area contributed by atoms with Gasteiger partial charge in [-0.15, -0.1) is 0 Å². The molecule has 0 aromatic carbocycles. The first-order valence-electron chi connectivity index (χ1n) is 7.01. The zero-order valence-corrected chi connectivity index (χ0v) is 13.3. The minimum absolute atomic E-state index is 0.175. The van der Waals surface area contributed by atoms with Crippen molar-refractivity contribution in [1.29, 1.82) is 0 Å². The molecule has 7 nitrogen and oxygen atoms in total. The predicted octanol–water partition coefficient (Wildman–Crippen LogP) is 0.983. The molecule has 7 heteroatoms. The van der Waals surface area contributed by atoms with E-state index in [9.17, 15) is 14.7 Å². The summed E-state index contributed by atoms with van der Waals surface area (Å²) in [5.41, 5.74) is -0.895. The van der Waals surface area contributed by atoms with Crippen LogP contribution in [0.25, 0.3) is 0 Å². The Bertz CT molecular complexity index is 383. The van der Waals surface area contributed by atoms with Gasteiger partial charge in [-0.05, 0) is 34.6 Å². The number of nitrogens with one attached hydrogen (secondary N) is 1. The first-order valence-corrected chi connectivity index (χ1v) is 7.01. The summed E-state index contributed by atoms with van der Waals surface area (Å²) in [4.78, 5) is 23.5. The molecule has 2 N–H and O–H groups in total. The molecular weight excluding hydrogens is 278 g/mol. The van der Waals surface area contributed by atoms with Crippen molar-refractivity contribution >= 4 is 12.1 Å². The molecule has 0 saturated carbocycles. The number of ether oxygens (including phenoxy) is 3. The minimum Gasteiger partial charge on any atom is -0.464 e. The lowest BCUT2D eigenvalue weighted by Gasteiger charge is -2.24. The zero-order chi connectivity index (χ0) is 16.3. The van der Waals surface area contributed by atoms with Crippen LogP contribution < -0.4 is 5.32 Å². The quantitative estimate of drug-likeness (QED) is 0.561. The van der Waals surface area contributed by atoms with Crippen molar-refractivity contribution in [2.75, 3.05) is 13.2 Å². The monoisotopic (exact) mass is 303 g/mol. The summed E-state index contributed by atoms with van der Waals surface area (Å²) in [5, 5.41) is 11.9. The number of amides is 1. The van der Waals surface area contributed by atoms with Crippen LogP contribution in [0.3, 0.4) is 0 Å². The number of aliphatic hydroxyl groups is 1. The number of esters is 1. The van der Waals surface area contributed by atoms with Crippen molar-refractivity contribution in [2.24, 2.45) is 0 Å². The van der Waals surface area contributed by atoms with Crippen molar-refractivity contribution < 1.29 is 28.9 Å². The number of rotatable bonds is 6. The molecule has 1 amide bonds. The molecule has 1 heterocycles. The first kappa shape index (κ1) is 17.7. The Balaban J connectivity index is 2.43. The summed E-state index contributed by atoms with van der Waals surface area (Å²) in [6.45, 7) is 9.27. The zero-order valence-electron chi connectivity index (χ0n) is 13.3. The lowest BCUT2D eigenvalue weighted by molar-refractivity contribution is -0.149. The van der Waals surface area contributed by atoms with E-state index in [0.717, 1.165) is 0 Å². The van der Waals surface area contributed by atoms with E-state index < -0.39 is 29.8 Å². The molecule has 1 aliphatic rings. The number of epoxide rings is 1. The van der Waals surface area contributed by atoms with Crippen LogP contribution in [0.4, 0.5) is 4.79 Å². The fraction of sp³-hybridized carbons (Fsp3) is 0.857. The van der Waals surface area contributed by atoms with Gasteiger partial charge in [0.2, 0.25) is 0 Å². The van der Waals surface area contributed by atoms with E-state index in [1.165, 1.54) is 6.92 Å². The molecule has 0 aromatic heterocycles. The Morgan fingerprint density at radius 1 is 1.43 bits per heavy atom. The number of carbonyl (C=O) groups excluding carboxylic acids is 2. The highest BCUT2D eigenvalue weighted by atomic mass is 16.6. The summed E-state index contributed by atoms with van der Waals surface area (Å²) < 4.78 is 15.3. The first-order chi connectivity index (χ1) is 9.52.